The van der Waals surface area contributed by atoms with Crippen molar-refractivity contribution in [2.45, 2.75) is 50.7 Å². The van der Waals surface area contributed by atoms with E-state index in [1.54, 1.807) is 12.1 Å². The van der Waals surface area contributed by atoms with E-state index in [-0.39, 0.29) is 36.0 Å². The third kappa shape index (κ3) is 5.34. The Morgan fingerprint density at radius 2 is 1.87 bits per heavy atom. The molecule has 3 N–H and O–H groups in total. The zero-order valence-electron chi connectivity index (χ0n) is 16.5. The smallest absolute Gasteiger partial charge is 0.309 e. The number of aliphatic hydroxyl groups is 1. The van der Waals surface area contributed by atoms with Gasteiger partial charge in [0.15, 0.2) is 0 Å². The van der Waals surface area contributed by atoms with Crippen LogP contribution in [-0.2, 0) is 31.3 Å². The second kappa shape index (κ2) is 9.23. The number of phenolic OH excluding ortho intramolecular Hbond substituents is 1. The van der Waals surface area contributed by atoms with Crippen LogP contribution in [0.5, 0.6) is 5.75 Å². The second-order valence-electron chi connectivity index (χ2n) is 7.32. The summed E-state index contributed by atoms with van der Waals surface area (Å²) in [6, 6.07) is 11.4. The van der Waals surface area contributed by atoms with Gasteiger partial charge in [-0.3, -0.25) is 14.9 Å². The van der Waals surface area contributed by atoms with E-state index in [2.05, 4.69) is 5.32 Å². The molecule has 160 valence electrons. The Morgan fingerprint density at radius 1 is 1.17 bits per heavy atom. The molecule has 0 saturated carbocycles. The molecule has 0 aromatic heterocycles. The number of aryl methyl sites for hydroxylation is 1. The van der Waals surface area contributed by atoms with Crippen molar-refractivity contribution in [3.63, 3.8) is 0 Å². The second-order valence-corrected chi connectivity index (χ2v) is 7.32. The molecule has 0 bridgehead atoms. The molecule has 3 rings (SSSR count). The van der Waals surface area contributed by atoms with Crippen molar-refractivity contribution in [2.24, 2.45) is 0 Å². The minimum atomic E-state index is -2.32. The van der Waals surface area contributed by atoms with Gasteiger partial charge in [-0.15, -0.1) is 0 Å². The number of aromatic hydroxyl groups is 1. The molecule has 1 aliphatic rings. The van der Waals surface area contributed by atoms with Crippen LogP contribution in [0.3, 0.4) is 0 Å². The summed E-state index contributed by atoms with van der Waals surface area (Å²) in [4.78, 5) is 24.2. The molecule has 0 aliphatic carbocycles. The summed E-state index contributed by atoms with van der Waals surface area (Å²) in [6.45, 7) is 1.82. The highest BCUT2D eigenvalue weighted by atomic mass is 19.1. The average Bonchev–Trinajstić information content (AvgIpc) is 2.70. The lowest BCUT2D eigenvalue weighted by Crippen LogP contribution is -2.56. The topological polar surface area (TPSA) is 105 Å². The first kappa shape index (κ1) is 21.7. The van der Waals surface area contributed by atoms with Gasteiger partial charge in [0, 0.05) is 11.6 Å². The van der Waals surface area contributed by atoms with Crippen LogP contribution in [0.1, 0.15) is 37.3 Å². The Balaban J connectivity index is 1.80. The minimum absolute atomic E-state index is 0.0637. The highest BCUT2D eigenvalue weighted by Crippen LogP contribution is 2.32. The van der Waals surface area contributed by atoms with Crippen LogP contribution in [0.15, 0.2) is 48.5 Å². The van der Waals surface area contributed by atoms with Crippen molar-refractivity contribution in [3.05, 3.63) is 65.5 Å². The number of hydrogen-bond acceptors (Lipinski definition) is 7. The third-order valence-corrected chi connectivity index (χ3v) is 4.88. The summed E-state index contributed by atoms with van der Waals surface area (Å²) < 4.78 is 23.7. The lowest BCUT2D eigenvalue weighted by atomic mass is 10.0. The standard InChI is InChI=1S/C22H24FNO6/c1-14(5-6-15-7-9-17(23)10-8-15)24-21-22(28,16-3-2-4-18(25)13-16)30-20(27)12-11-19(26)29-21/h2-4,7-10,13-14,21,24-25,28H,5-6,11-12H2,1H3. The lowest BCUT2D eigenvalue weighted by molar-refractivity contribution is -0.273. The number of nitrogens with one attached hydrogen (secondary N) is 1. The zero-order valence-corrected chi connectivity index (χ0v) is 16.5. The van der Waals surface area contributed by atoms with Crippen molar-refractivity contribution < 1.29 is 33.7 Å². The third-order valence-electron chi connectivity index (χ3n) is 4.88. The molecule has 1 saturated heterocycles. The number of benzene rings is 2. The Hall–Kier alpha value is -2.97. The van der Waals surface area contributed by atoms with Crippen molar-refractivity contribution in [3.8, 4) is 5.75 Å². The molecule has 1 fully saturated rings. The summed E-state index contributed by atoms with van der Waals surface area (Å²) in [6.07, 6.45) is -0.605. The van der Waals surface area contributed by atoms with Crippen LogP contribution < -0.4 is 5.32 Å². The van der Waals surface area contributed by atoms with Crippen molar-refractivity contribution >= 4 is 11.9 Å². The van der Waals surface area contributed by atoms with Gasteiger partial charge in [0.05, 0.1) is 12.8 Å². The molecule has 0 amide bonds. The number of carbonyl (C=O) groups is 2. The Morgan fingerprint density at radius 3 is 2.57 bits per heavy atom. The van der Waals surface area contributed by atoms with Crippen molar-refractivity contribution in [1.29, 1.82) is 0 Å². The monoisotopic (exact) mass is 417 g/mol. The van der Waals surface area contributed by atoms with Gasteiger partial charge in [-0.1, -0.05) is 24.3 Å². The fourth-order valence-electron chi connectivity index (χ4n) is 3.21. The van der Waals surface area contributed by atoms with E-state index < -0.39 is 24.0 Å². The van der Waals surface area contributed by atoms with Crippen LogP contribution in [-0.4, -0.2) is 34.4 Å². The van der Waals surface area contributed by atoms with E-state index in [0.717, 1.165) is 5.56 Å². The fraction of sp³-hybridized carbons (Fsp3) is 0.364. The number of hydrogen-bond donors (Lipinski definition) is 3. The lowest BCUT2D eigenvalue weighted by Gasteiger charge is -2.38. The van der Waals surface area contributed by atoms with Gasteiger partial charge >= 0.3 is 11.9 Å². The summed E-state index contributed by atoms with van der Waals surface area (Å²) in [5.41, 5.74) is 0.989. The predicted octanol–water partition coefficient (Wildman–Crippen LogP) is 2.49. The number of cyclic esters (lactones) is 2. The van der Waals surface area contributed by atoms with Gasteiger partial charge in [-0.05, 0) is 49.6 Å². The normalized spacial score (nSPS) is 23.1. The molecule has 2 aromatic carbocycles. The molecule has 8 heteroatoms. The van der Waals surface area contributed by atoms with E-state index in [1.807, 2.05) is 6.92 Å². The molecule has 30 heavy (non-hydrogen) atoms. The van der Waals surface area contributed by atoms with E-state index in [4.69, 9.17) is 9.47 Å². The Bertz CT molecular complexity index is 903. The van der Waals surface area contributed by atoms with Crippen molar-refractivity contribution in [2.75, 3.05) is 0 Å². The molecule has 3 unspecified atom stereocenters. The Kier molecular flexibility index (Phi) is 6.69. The maximum Gasteiger partial charge on any atom is 0.309 e. The maximum absolute atomic E-state index is 13.1. The van der Waals surface area contributed by atoms with Crippen molar-refractivity contribution in [1.82, 2.24) is 5.32 Å². The molecule has 7 nitrogen and oxygen atoms in total. The zero-order chi connectivity index (χ0) is 21.7. The highest BCUT2D eigenvalue weighted by Gasteiger charge is 2.47. The van der Waals surface area contributed by atoms with Gasteiger partial charge in [-0.2, -0.15) is 0 Å². The predicted molar refractivity (Wildman–Crippen MR) is 105 cm³/mol. The number of phenols is 1. The quantitative estimate of drug-likeness (QED) is 0.620. The van der Waals surface area contributed by atoms with E-state index >= 15 is 0 Å². The van der Waals surface area contributed by atoms with Gasteiger partial charge in [-0.25, -0.2) is 4.39 Å². The number of esters is 2. The molecule has 2 aromatic rings. The van der Waals surface area contributed by atoms with E-state index in [0.29, 0.717) is 12.8 Å². The molecular formula is C22H24FNO6. The van der Waals surface area contributed by atoms with Crippen LogP contribution in [0, 0.1) is 5.82 Å². The molecule has 3 atom stereocenters. The largest absolute Gasteiger partial charge is 0.508 e. The average molecular weight is 417 g/mol. The van der Waals surface area contributed by atoms with Gasteiger partial charge in [0.1, 0.15) is 11.6 Å². The van der Waals surface area contributed by atoms with E-state index in [9.17, 15) is 24.2 Å². The van der Waals surface area contributed by atoms with Crippen LogP contribution in [0.2, 0.25) is 0 Å². The van der Waals surface area contributed by atoms with Gasteiger partial charge in [0.25, 0.3) is 5.79 Å². The Labute approximate surface area is 173 Å². The molecule has 1 aliphatic heterocycles. The first-order valence-electron chi connectivity index (χ1n) is 9.70. The fourth-order valence-corrected chi connectivity index (χ4v) is 3.21. The number of halogens is 1. The minimum Gasteiger partial charge on any atom is -0.508 e. The first-order valence-corrected chi connectivity index (χ1v) is 9.70. The SMILES string of the molecule is CC(CCc1ccc(F)cc1)NC1OC(=O)CCC(=O)OC1(O)c1cccc(O)c1. The molecular weight excluding hydrogens is 393 g/mol. The number of carbonyl (C=O) groups excluding carboxylic acids is 2. The maximum atomic E-state index is 13.1. The van der Waals surface area contributed by atoms with Gasteiger partial charge in [0.2, 0.25) is 6.23 Å². The van der Waals surface area contributed by atoms with E-state index in [1.165, 1.54) is 36.4 Å². The number of ether oxygens (including phenoxy) is 2. The number of rotatable bonds is 6. The van der Waals surface area contributed by atoms with Crippen LogP contribution in [0.4, 0.5) is 4.39 Å². The summed E-state index contributed by atoms with van der Waals surface area (Å²) in [5.74, 6) is -4.20. The van der Waals surface area contributed by atoms with Crippen LogP contribution in [0.25, 0.3) is 0 Å². The van der Waals surface area contributed by atoms with Gasteiger partial charge < -0.3 is 19.7 Å². The summed E-state index contributed by atoms with van der Waals surface area (Å²) in [7, 11) is 0. The highest BCUT2D eigenvalue weighted by molar-refractivity contribution is 5.78. The molecule has 1 heterocycles. The first-order chi connectivity index (χ1) is 14.3. The molecule has 0 spiro atoms. The summed E-state index contributed by atoms with van der Waals surface area (Å²) >= 11 is 0. The molecule has 0 radical (unpaired) electrons. The van der Waals surface area contributed by atoms with Crippen LogP contribution >= 0.6 is 0 Å². The summed E-state index contributed by atoms with van der Waals surface area (Å²) in [5, 5.41) is 24.0.